The Labute approximate surface area is 402 Å². The fraction of sp³-hybridized carbons (Fsp3) is 0. The van der Waals surface area contributed by atoms with Crippen LogP contribution in [-0.2, 0) is 0 Å². The quantitative estimate of drug-likeness (QED) is 0.161. The minimum atomic E-state index is 0.881. The van der Waals surface area contributed by atoms with Crippen LogP contribution in [0.5, 0.6) is 0 Å². The van der Waals surface area contributed by atoms with Gasteiger partial charge in [0, 0.05) is 21.5 Å². The molecular weight excluding hydrogens is 849 g/mol. The molecule has 0 saturated carbocycles. The zero-order chi connectivity index (χ0) is 45.9. The van der Waals surface area contributed by atoms with Crippen molar-refractivity contribution in [3.8, 4) is 55.6 Å². The molecule has 0 radical (unpaired) electrons. The minimum Gasteiger partial charge on any atom is -0.456 e. The topological polar surface area (TPSA) is 26.3 Å². The van der Waals surface area contributed by atoms with Crippen molar-refractivity contribution in [3.63, 3.8) is 0 Å². The first-order chi connectivity index (χ1) is 34.7. The molecule has 2 aromatic heterocycles. The molecule has 0 saturated heterocycles. The number of fused-ring (bicyclic) bond motifs is 11. The van der Waals surface area contributed by atoms with Gasteiger partial charge in [0.2, 0.25) is 0 Å². The summed E-state index contributed by atoms with van der Waals surface area (Å²) in [5.74, 6) is 0. The molecule has 0 amide bonds. The van der Waals surface area contributed by atoms with Gasteiger partial charge in [-0.25, -0.2) is 0 Å². The van der Waals surface area contributed by atoms with Crippen molar-refractivity contribution >= 4 is 97.7 Å². The van der Waals surface area contributed by atoms with Gasteiger partial charge >= 0.3 is 0 Å². The molecule has 15 aromatic rings. The van der Waals surface area contributed by atoms with Crippen LogP contribution in [0.4, 0.5) is 0 Å². The molecule has 0 unspecified atom stereocenters. The average Bonchev–Trinajstić information content (AvgIpc) is 3.99. The molecule has 0 atom stereocenters. The van der Waals surface area contributed by atoms with E-state index >= 15 is 0 Å². The van der Waals surface area contributed by atoms with Crippen LogP contribution in [-0.4, -0.2) is 0 Å². The number of hydrogen-bond acceptors (Lipinski definition) is 2. The number of furan rings is 2. The van der Waals surface area contributed by atoms with Crippen molar-refractivity contribution in [3.05, 3.63) is 243 Å². The molecule has 0 aliphatic carbocycles. The zero-order valence-corrected chi connectivity index (χ0v) is 37.9. The Bertz CT molecular complexity index is 4530. The SMILES string of the molecule is c1ccc2cc(-c3c4ccccc4c(-c4ccc5c(c4)oc4ccc(-c6ccc(-c7c8ccccc8c(-c8ccc9c(c8)oc8ccccc89)c8ccccc78)cc6)cc45)c4ccccc34)ccc2c1. The smallest absolute Gasteiger partial charge is 0.136 e. The maximum absolute atomic E-state index is 6.69. The van der Waals surface area contributed by atoms with E-state index in [1.54, 1.807) is 0 Å². The lowest BCUT2D eigenvalue weighted by Gasteiger charge is -2.18. The summed E-state index contributed by atoms with van der Waals surface area (Å²) in [5, 5.41) is 16.8. The van der Waals surface area contributed by atoms with Gasteiger partial charge in [-0.15, -0.1) is 0 Å². The highest BCUT2D eigenvalue weighted by molar-refractivity contribution is 6.24. The average molecular weight is 889 g/mol. The van der Waals surface area contributed by atoms with E-state index in [9.17, 15) is 0 Å². The Morgan fingerprint density at radius 3 is 1.04 bits per heavy atom. The third-order valence-electron chi connectivity index (χ3n) is 14.8. The largest absolute Gasteiger partial charge is 0.456 e. The summed E-state index contributed by atoms with van der Waals surface area (Å²) < 4.78 is 13.1. The van der Waals surface area contributed by atoms with Crippen molar-refractivity contribution in [2.45, 2.75) is 0 Å². The van der Waals surface area contributed by atoms with Gasteiger partial charge in [-0.2, -0.15) is 0 Å². The summed E-state index contributed by atoms with van der Waals surface area (Å²) in [6.45, 7) is 0. The Morgan fingerprint density at radius 1 is 0.171 bits per heavy atom. The van der Waals surface area contributed by atoms with Crippen LogP contribution >= 0.6 is 0 Å². The van der Waals surface area contributed by atoms with Crippen molar-refractivity contribution in [1.82, 2.24) is 0 Å². The highest BCUT2D eigenvalue weighted by Gasteiger charge is 2.21. The molecule has 324 valence electrons. The predicted octanol–water partition coefficient (Wildman–Crippen LogP) is 19.6. The van der Waals surface area contributed by atoms with Crippen LogP contribution in [0, 0.1) is 0 Å². The van der Waals surface area contributed by atoms with Crippen LogP contribution < -0.4 is 0 Å². The molecule has 13 aromatic carbocycles. The standard InChI is InChI=1S/C68H40O2/c1-2-14-44-37-46(30-27-41(44)13-1)66-56-20-7-9-22-58(56)68(59-23-10-8-21-57(59)66)48-32-35-51-60-38-45(33-36-62(60)70-64(51)40-48)42-25-28-43(29-26-42)65-52-16-3-5-18-54(52)67(55-19-6-4-17-53(55)65)47-31-34-50-49-15-11-12-24-61(49)69-63(50)39-47/h1-40H. The van der Waals surface area contributed by atoms with Crippen LogP contribution in [0.1, 0.15) is 0 Å². The van der Waals surface area contributed by atoms with E-state index in [4.69, 9.17) is 8.83 Å². The summed E-state index contributed by atoms with van der Waals surface area (Å²) in [5.41, 5.74) is 15.5. The first-order valence-corrected chi connectivity index (χ1v) is 24.1. The fourth-order valence-corrected chi connectivity index (χ4v) is 11.7. The molecule has 0 bridgehead atoms. The highest BCUT2D eigenvalue weighted by atomic mass is 16.3. The second-order valence-electron chi connectivity index (χ2n) is 18.7. The number of rotatable bonds is 5. The Morgan fingerprint density at radius 2 is 0.514 bits per heavy atom. The number of benzene rings is 13. The van der Waals surface area contributed by atoms with Crippen molar-refractivity contribution in [2.24, 2.45) is 0 Å². The molecule has 0 spiro atoms. The van der Waals surface area contributed by atoms with Crippen LogP contribution in [0.15, 0.2) is 251 Å². The number of para-hydroxylation sites is 1. The van der Waals surface area contributed by atoms with E-state index in [1.807, 2.05) is 12.1 Å². The lowest BCUT2D eigenvalue weighted by molar-refractivity contribution is 0.668. The second-order valence-corrected chi connectivity index (χ2v) is 18.7. The minimum absolute atomic E-state index is 0.881. The van der Waals surface area contributed by atoms with Gasteiger partial charge in [-0.3, -0.25) is 0 Å². The first kappa shape index (κ1) is 38.8. The molecule has 2 heterocycles. The van der Waals surface area contributed by atoms with E-state index in [0.717, 1.165) is 66.1 Å². The monoisotopic (exact) mass is 888 g/mol. The van der Waals surface area contributed by atoms with Crippen LogP contribution in [0.2, 0.25) is 0 Å². The van der Waals surface area contributed by atoms with Gasteiger partial charge in [-0.1, -0.05) is 194 Å². The fourth-order valence-electron chi connectivity index (χ4n) is 11.7. The highest BCUT2D eigenvalue weighted by Crippen LogP contribution is 2.47. The van der Waals surface area contributed by atoms with E-state index in [2.05, 4.69) is 231 Å². The third kappa shape index (κ3) is 5.87. The summed E-state index contributed by atoms with van der Waals surface area (Å²) >= 11 is 0. The van der Waals surface area contributed by atoms with Crippen LogP contribution in [0.3, 0.4) is 0 Å². The van der Waals surface area contributed by atoms with Gasteiger partial charge in [0.15, 0.2) is 0 Å². The molecule has 0 fully saturated rings. The summed E-state index contributed by atoms with van der Waals surface area (Å²) in [7, 11) is 0. The van der Waals surface area contributed by atoms with Crippen molar-refractivity contribution in [2.75, 3.05) is 0 Å². The molecule has 2 heteroatoms. The van der Waals surface area contributed by atoms with Crippen molar-refractivity contribution in [1.29, 1.82) is 0 Å². The van der Waals surface area contributed by atoms with Gasteiger partial charge in [0.25, 0.3) is 0 Å². The van der Waals surface area contributed by atoms with Crippen LogP contribution in [0.25, 0.3) is 153 Å². The zero-order valence-electron chi connectivity index (χ0n) is 37.9. The van der Waals surface area contributed by atoms with E-state index in [1.165, 1.54) is 87.2 Å². The molecule has 2 nitrogen and oxygen atoms in total. The normalized spacial score (nSPS) is 12.0. The van der Waals surface area contributed by atoms with E-state index < -0.39 is 0 Å². The Kier molecular flexibility index (Phi) is 8.39. The predicted molar refractivity (Wildman–Crippen MR) is 296 cm³/mol. The van der Waals surface area contributed by atoms with Gasteiger partial charge in [-0.05, 0) is 158 Å². The third-order valence-corrected chi connectivity index (χ3v) is 14.8. The Balaban J connectivity index is 0.815. The molecule has 15 rings (SSSR count). The van der Waals surface area contributed by atoms with Gasteiger partial charge in [0.05, 0.1) is 0 Å². The number of hydrogen-bond donors (Lipinski definition) is 0. The lowest BCUT2D eigenvalue weighted by Crippen LogP contribution is -1.91. The first-order valence-electron chi connectivity index (χ1n) is 24.1. The maximum Gasteiger partial charge on any atom is 0.136 e. The summed E-state index contributed by atoms with van der Waals surface area (Å²) in [4.78, 5) is 0. The molecule has 70 heavy (non-hydrogen) atoms. The summed E-state index contributed by atoms with van der Waals surface area (Å²) in [6.07, 6.45) is 0. The molecular formula is C68H40O2. The van der Waals surface area contributed by atoms with E-state index in [-0.39, 0.29) is 0 Å². The maximum atomic E-state index is 6.69. The van der Waals surface area contributed by atoms with Crippen molar-refractivity contribution < 1.29 is 8.83 Å². The Hall–Kier alpha value is -9.24. The molecule has 0 aliphatic heterocycles. The van der Waals surface area contributed by atoms with E-state index in [0.29, 0.717) is 0 Å². The summed E-state index contributed by atoms with van der Waals surface area (Å²) in [6, 6.07) is 88.3. The second kappa shape index (κ2) is 15.1. The lowest BCUT2D eigenvalue weighted by atomic mass is 9.85. The van der Waals surface area contributed by atoms with Gasteiger partial charge < -0.3 is 8.83 Å². The molecule has 0 N–H and O–H groups in total. The molecule has 0 aliphatic rings. The van der Waals surface area contributed by atoms with Gasteiger partial charge in [0.1, 0.15) is 22.3 Å².